The van der Waals surface area contributed by atoms with Crippen molar-refractivity contribution in [3.8, 4) is 56.0 Å². The molecule has 0 radical (unpaired) electrons. The molecule has 0 bridgehead atoms. The molecule has 0 saturated carbocycles. The fourth-order valence-electron chi connectivity index (χ4n) is 8.99. The van der Waals surface area contributed by atoms with Crippen molar-refractivity contribution in [2.45, 2.75) is 12.5 Å². The Labute approximate surface area is 356 Å². The molecule has 2 aliphatic heterocycles. The van der Waals surface area contributed by atoms with Gasteiger partial charge in [0.2, 0.25) is 0 Å². The maximum absolute atomic E-state index is 6.56. The van der Waals surface area contributed by atoms with Gasteiger partial charge < -0.3 is 14.4 Å². The van der Waals surface area contributed by atoms with Crippen LogP contribution >= 0.6 is 0 Å². The lowest BCUT2D eigenvalue weighted by Gasteiger charge is -2.28. The number of fused-ring (bicyclic) bond motifs is 6. The first-order valence-corrected chi connectivity index (χ1v) is 20.8. The lowest BCUT2D eigenvalue weighted by atomic mass is 9.93. The second kappa shape index (κ2) is 15.4. The summed E-state index contributed by atoms with van der Waals surface area (Å²) in [6.07, 6.45) is 15.1. The summed E-state index contributed by atoms with van der Waals surface area (Å²) in [5, 5.41) is 2.27. The van der Waals surface area contributed by atoms with Crippen molar-refractivity contribution < 1.29 is 9.47 Å². The first-order chi connectivity index (χ1) is 30.2. The molecule has 0 spiro atoms. The minimum Gasteiger partial charge on any atom is -0.484 e. The van der Waals surface area contributed by atoms with Crippen LogP contribution < -0.4 is 14.4 Å². The van der Waals surface area contributed by atoms with E-state index in [2.05, 4.69) is 200 Å². The third-order valence-electron chi connectivity index (χ3n) is 12.0. The van der Waals surface area contributed by atoms with Crippen LogP contribution in [0, 0.1) is 0 Å². The van der Waals surface area contributed by atoms with E-state index in [1.165, 1.54) is 16.7 Å². The van der Waals surface area contributed by atoms with E-state index in [4.69, 9.17) is 9.47 Å². The van der Waals surface area contributed by atoms with E-state index in [0.717, 1.165) is 95.8 Å². The van der Waals surface area contributed by atoms with Gasteiger partial charge in [-0.15, -0.1) is 0 Å². The maximum Gasteiger partial charge on any atom is 0.135 e. The molecular formula is C58H41NO2. The number of benzene rings is 8. The Bertz CT molecular complexity index is 3110. The van der Waals surface area contributed by atoms with Crippen molar-refractivity contribution in [1.82, 2.24) is 0 Å². The van der Waals surface area contributed by atoms with Gasteiger partial charge in [0.05, 0.1) is 11.9 Å². The molecule has 0 aromatic heterocycles. The summed E-state index contributed by atoms with van der Waals surface area (Å²) in [6.45, 7) is 4.37. The zero-order chi connectivity index (χ0) is 40.7. The molecule has 8 aromatic rings. The van der Waals surface area contributed by atoms with Crippen LogP contribution in [0.15, 0.2) is 225 Å². The van der Waals surface area contributed by atoms with E-state index in [0.29, 0.717) is 0 Å². The molecule has 0 N–H and O–H groups in total. The molecule has 2 heterocycles. The standard InChI is InChI=1S/C58H41NO2/c1-39-13-9-10-36-60-56-35-30-43-24-25-46(38-53(43)57(39)56)45-17-11-16-44(37-45)40-26-31-47(32-27-40)59(54-22-7-5-18-49(54)41-14-3-2-4-15-41)48-33-28-42(29-34-48)50-20-12-21-52-51-19-6-8-23-55(51)61-58(50)52/h2-22,24-38,55H,1,23H2/b13-9-,36-10-. The van der Waals surface area contributed by atoms with Gasteiger partial charge in [0.15, 0.2) is 0 Å². The summed E-state index contributed by atoms with van der Waals surface area (Å²) >= 11 is 0. The highest BCUT2D eigenvalue weighted by atomic mass is 16.5. The van der Waals surface area contributed by atoms with E-state index in [1.807, 2.05) is 24.3 Å². The Kier molecular flexibility index (Phi) is 9.13. The van der Waals surface area contributed by atoms with Gasteiger partial charge in [-0.1, -0.05) is 164 Å². The summed E-state index contributed by atoms with van der Waals surface area (Å²) in [4.78, 5) is 2.37. The van der Waals surface area contributed by atoms with E-state index < -0.39 is 0 Å². The molecule has 0 fully saturated rings. The Morgan fingerprint density at radius 2 is 1.16 bits per heavy atom. The molecular weight excluding hydrogens is 743 g/mol. The summed E-state index contributed by atoms with van der Waals surface area (Å²) in [5.74, 6) is 1.78. The van der Waals surface area contributed by atoms with Crippen LogP contribution in [0.5, 0.6) is 11.5 Å². The summed E-state index contributed by atoms with van der Waals surface area (Å²) in [6, 6.07) is 63.2. The van der Waals surface area contributed by atoms with Crippen LogP contribution in [-0.4, -0.2) is 6.10 Å². The fraction of sp³-hybridized carbons (Fsp3) is 0.0345. The Morgan fingerprint density at radius 3 is 2.00 bits per heavy atom. The summed E-state index contributed by atoms with van der Waals surface area (Å²) in [7, 11) is 0. The van der Waals surface area contributed by atoms with Crippen molar-refractivity contribution >= 4 is 39.0 Å². The number of para-hydroxylation sites is 2. The van der Waals surface area contributed by atoms with Crippen LogP contribution in [0.3, 0.4) is 0 Å². The molecule has 0 amide bonds. The largest absolute Gasteiger partial charge is 0.484 e. The van der Waals surface area contributed by atoms with E-state index in [1.54, 1.807) is 6.26 Å². The number of hydrogen-bond acceptors (Lipinski definition) is 3. The minimum absolute atomic E-state index is 0.0846. The average Bonchev–Trinajstić information content (AvgIpc) is 3.70. The number of ether oxygens (including phenoxy) is 2. The molecule has 290 valence electrons. The third-order valence-corrected chi connectivity index (χ3v) is 12.0. The SMILES string of the molecule is C=C1/C=C\C=C/Oc2ccc3ccc(-c4cccc(-c5ccc(N(c6ccc(-c7cccc8c7OC7CC=CC=C87)cc6)c6ccccc6-c6ccccc6)cc5)c4)cc3c21. The number of anilines is 3. The lowest BCUT2D eigenvalue weighted by Crippen LogP contribution is -2.12. The highest BCUT2D eigenvalue weighted by Crippen LogP contribution is 2.47. The number of allylic oxidation sites excluding steroid dienone is 6. The Morgan fingerprint density at radius 1 is 0.525 bits per heavy atom. The van der Waals surface area contributed by atoms with Gasteiger partial charge in [-0.3, -0.25) is 0 Å². The maximum atomic E-state index is 6.56. The van der Waals surface area contributed by atoms with Crippen LogP contribution in [0.25, 0.3) is 66.4 Å². The zero-order valence-corrected chi connectivity index (χ0v) is 33.5. The number of hydrogen-bond donors (Lipinski definition) is 0. The van der Waals surface area contributed by atoms with E-state index in [9.17, 15) is 0 Å². The van der Waals surface area contributed by atoms with Crippen LogP contribution in [-0.2, 0) is 0 Å². The second-order valence-electron chi connectivity index (χ2n) is 15.7. The predicted molar refractivity (Wildman–Crippen MR) is 254 cm³/mol. The van der Waals surface area contributed by atoms with Crippen molar-refractivity contribution in [1.29, 1.82) is 0 Å². The predicted octanol–water partition coefficient (Wildman–Crippen LogP) is 15.6. The highest BCUT2D eigenvalue weighted by Gasteiger charge is 2.31. The molecule has 3 nitrogen and oxygen atoms in total. The van der Waals surface area contributed by atoms with Gasteiger partial charge in [-0.25, -0.2) is 0 Å². The first-order valence-electron chi connectivity index (χ1n) is 20.8. The van der Waals surface area contributed by atoms with E-state index in [-0.39, 0.29) is 6.10 Å². The van der Waals surface area contributed by atoms with Crippen molar-refractivity contribution in [2.24, 2.45) is 0 Å². The van der Waals surface area contributed by atoms with Crippen molar-refractivity contribution in [2.75, 3.05) is 4.90 Å². The molecule has 0 saturated heterocycles. The fourth-order valence-corrected chi connectivity index (χ4v) is 8.99. The average molecular weight is 784 g/mol. The molecule has 3 aliphatic rings. The first kappa shape index (κ1) is 36.2. The highest BCUT2D eigenvalue weighted by molar-refractivity contribution is 6.00. The zero-order valence-electron chi connectivity index (χ0n) is 33.5. The van der Waals surface area contributed by atoms with Gasteiger partial charge in [-0.2, -0.15) is 0 Å². The molecule has 3 heteroatoms. The smallest absolute Gasteiger partial charge is 0.135 e. The quantitative estimate of drug-likeness (QED) is 0.161. The molecule has 11 rings (SSSR count). The topological polar surface area (TPSA) is 21.7 Å². The van der Waals surface area contributed by atoms with Crippen molar-refractivity contribution in [3.05, 3.63) is 236 Å². The monoisotopic (exact) mass is 783 g/mol. The van der Waals surface area contributed by atoms with Crippen molar-refractivity contribution in [3.63, 3.8) is 0 Å². The number of rotatable bonds is 7. The van der Waals surface area contributed by atoms with Gasteiger partial charge in [-0.05, 0) is 104 Å². The third kappa shape index (κ3) is 6.67. The summed E-state index contributed by atoms with van der Waals surface area (Å²) < 4.78 is 12.6. The minimum atomic E-state index is 0.0846. The molecule has 1 unspecified atom stereocenters. The molecule has 8 aromatic carbocycles. The van der Waals surface area contributed by atoms with Gasteiger partial charge in [0, 0.05) is 45.6 Å². The lowest BCUT2D eigenvalue weighted by molar-refractivity contribution is 0.280. The molecule has 61 heavy (non-hydrogen) atoms. The number of nitrogens with zero attached hydrogens (tertiary/aromatic N) is 1. The normalized spacial score (nSPS) is 15.9. The summed E-state index contributed by atoms with van der Waals surface area (Å²) in [5.41, 5.74) is 16.8. The molecule has 1 atom stereocenters. The van der Waals surface area contributed by atoms with Gasteiger partial charge >= 0.3 is 0 Å². The Hall–Kier alpha value is -7.88. The molecule has 1 aliphatic carbocycles. The van der Waals surface area contributed by atoms with Crippen LogP contribution in [0.1, 0.15) is 17.5 Å². The van der Waals surface area contributed by atoms with Crippen LogP contribution in [0.4, 0.5) is 17.1 Å². The second-order valence-corrected chi connectivity index (χ2v) is 15.7. The van der Waals surface area contributed by atoms with Gasteiger partial charge in [0.25, 0.3) is 0 Å². The van der Waals surface area contributed by atoms with E-state index >= 15 is 0 Å². The van der Waals surface area contributed by atoms with Crippen LogP contribution in [0.2, 0.25) is 0 Å². The van der Waals surface area contributed by atoms with Gasteiger partial charge in [0.1, 0.15) is 17.6 Å². The Balaban J connectivity index is 0.957.